The number of amides is 1. The molecule has 0 unspecified atom stereocenters. The minimum absolute atomic E-state index is 0.0928. The first-order valence-electron chi connectivity index (χ1n) is 20.5. The topological polar surface area (TPSA) is 119 Å². The van der Waals surface area contributed by atoms with Gasteiger partial charge in [0, 0.05) is 38.2 Å². The first kappa shape index (κ1) is 42.0. The first-order chi connectivity index (χ1) is 27.5. The molecule has 1 saturated carbocycles. The monoisotopic (exact) mass is 780 g/mol. The van der Waals surface area contributed by atoms with Crippen LogP contribution in [-0.4, -0.2) is 77.8 Å². The van der Waals surface area contributed by atoms with E-state index in [2.05, 4.69) is 43.0 Å². The molecule has 3 aromatic rings. The number of aliphatic hydroxyl groups excluding tert-OH is 2. The molecule has 3 aromatic carbocycles. The summed E-state index contributed by atoms with van der Waals surface area (Å²) in [6.07, 6.45) is 8.60. The van der Waals surface area contributed by atoms with Crippen LogP contribution in [0.2, 0.25) is 0 Å². The third-order valence-electron chi connectivity index (χ3n) is 11.3. The van der Waals surface area contributed by atoms with Gasteiger partial charge in [-0.1, -0.05) is 72.6 Å². The van der Waals surface area contributed by atoms with Gasteiger partial charge in [-0.15, -0.1) is 6.58 Å². The van der Waals surface area contributed by atoms with Crippen molar-refractivity contribution in [3.05, 3.63) is 103 Å². The molecule has 1 aliphatic heterocycles. The van der Waals surface area contributed by atoms with Crippen molar-refractivity contribution in [1.29, 1.82) is 0 Å². The minimum Gasteiger partial charge on any atom is -0.459 e. The molecule has 0 saturated heterocycles. The molecule has 0 radical (unpaired) electrons. The molecule has 10 nitrogen and oxygen atoms in total. The Bertz CT molecular complexity index is 1870. The van der Waals surface area contributed by atoms with Crippen LogP contribution in [0.5, 0.6) is 17.2 Å². The second-order valence-electron chi connectivity index (χ2n) is 16.3. The van der Waals surface area contributed by atoms with Gasteiger partial charge in [-0.2, -0.15) is 0 Å². The van der Waals surface area contributed by atoms with E-state index in [1.165, 1.54) is 0 Å². The lowest BCUT2D eigenvalue weighted by atomic mass is 9.55. The van der Waals surface area contributed by atoms with Crippen LogP contribution in [0.3, 0.4) is 0 Å². The molecule has 2 aliphatic carbocycles. The lowest BCUT2D eigenvalue weighted by molar-refractivity contribution is -0.253. The predicted octanol–water partition coefficient (Wildman–Crippen LogP) is 9.67. The van der Waals surface area contributed by atoms with Crippen LogP contribution in [0, 0.1) is 17.8 Å². The van der Waals surface area contributed by atoms with Crippen molar-refractivity contribution in [1.82, 2.24) is 4.90 Å². The summed E-state index contributed by atoms with van der Waals surface area (Å²) in [5.41, 5.74) is 4.37. The molecule has 10 heteroatoms. The van der Waals surface area contributed by atoms with Gasteiger partial charge < -0.3 is 38.9 Å². The van der Waals surface area contributed by atoms with Gasteiger partial charge in [0.05, 0.1) is 24.8 Å². The molecule has 1 amide bonds. The Kier molecular flexibility index (Phi) is 13.8. The first-order valence-corrected chi connectivity index (χ1v) is 20.5. The Morgan fingerprint density at radius 2 is 1.65 bits per heavy atom. The van der Waals surface area contributed by atoms with Crippen molar-refractivity contribution in [2.45, 2.75) is 96.0 Å². The molecule has 2 N–H and O–H groups in total. The van der Waals surface area contributed by atoms with Crippen LogP contribution in [0.1, 0.15) is 84.1 Å². The van der Waals surface area contributed by atoms with Gasteiger partial charge in [-0.3, -0.25) is 0 Å². The van der Waals surface area contributed by atoms with Crippen LogP contribution < -0.4 is 9.47 Å². The third-order valence-corrected chi connectivity index (χ3v) is 11.3. The largest absolute Gasteiger partial charge is 0.459 e. The number of carbonyl (C=O) groups excluding carboxylic acids is 1. The number of aliphatic hydroxyl groups is 2. The predicted molar refractivity (Wildman–Crippen MR) is 223 cm³/mol. The highest BCUT2D eigenvalue weighted by Crippen LogP contribution is 2.62. The van der Waals surface area contributed by atoms with Gasteiger partial charge in [0.1, 0.15) is 28.9 Å². The third kappa shape index (κ3) is 9.40. The molecule has 306 valence electrons. The molecule has 6 atom stereocenters. The summed E-state index contributed by atoms with van der Waals surface area (Å²) >= 11 is 0. The zero-order chi connectivity index (χ0) is 40.6. The maximum atomic E-state index is 13.6. The van der Waals surface area contributed by atoms with E-state index in [4.69, 9.17) is 28.9 Å². The fourth-order valence-corrected chi connectivity index (χ4v) is 8.82. The molecule has 1 fully saturated rings. The number of ether oxygens (including phenoxy) is 4. The van der Waals surface area contributed by atoms with Gasteiger partial charge in [-0.25, -0.2) is 4.79 Å². The van der Waals surface area contributed by atoms with Crippen LogP contribution >= 0.6 is 0 Å². The molecule has 0 bridgehead atoms. The number of fused-ring (bicyclic) bond motifs is 2. The number of allylic oxidation sites excluding steroid dienone is 1. The number of likely N-dealkylation sites (N-methyl/N-ethyl adjacent to an activating group) is 1. The average Bonchev–Trinajstić information content (AvgIpc) is 3.20. The highest BCUT2D eigenvalue weighted by Gasteiger charge is 2.65. The maximum Gasteiger partial charge on any atom is 0.409 e. The fourth-order valence-electron chi connectivity index (χ4n) is 8.82. The molecule has 0 spiro atoms. The van der Waals surface area contributed by atoms with Crippen molar-refractivity contribution < 1.29 is 38.8 Å². The van der Waals surface area contributed by atoms with E-state index in [1.807, 2.05) is 63.2 Å². The zero-order valence-electron chi connectivity index (χ0n) is 34.2. The summed E-state index contributed by atoms with van der Waals surface area (Å²) in [5.74, 6) is 0.314. The van der Waals surface area contributed by atoms with Crippen LogP contribution in [0.15, 0.2) is 102 Å². The van der Waals surface area contributed by atoms with E-state index < -0.39 is 29.4 Å². The van der Waals surface area contributed by atoms with E-state index in [-0.39, 0.29) is 44.2 Å². The second-order valence-corrected chi connectivity index (χ2v) is 16.3. The van der Waals surface area contributed by atoms with Crippen molar-refractivity contribution in [3.63, 3.8) is 0 Å². The highest BCUT2D eigenvalue weighted by atomic mass is 16.7. The highest BCUT2D eigenvalue weighted by molar-refractivity contribution is 6.03. The quantitative estimate of drug-likeness (QED) is 0.0790. The van der Waals surface area contributed by atoms with Gasteiger partial charge >= 0.3 is 6.09 Å². The summed E-state index contributed by atoms with van der Waals surface area (Å²) < 4.78 is 26.3. The van der Waals surface area contributed by atoms with E-state index in [9.17, 15) is 15.0 Å². The standard InChI is InChI=1S/C47H60N2O8/c1-7-28-54-47-42(49(6)45(52)53-8-2)31-40(48-57-46(3,4)5)38-29-34(18-12-14-26-50)37(19-13-15-27-51)43(44(38)47)39-30-36(24-25-41(39)56-47)55-35-22-20-33(21-23-35)32-16-10-9-11-17-32/h7,9-11,16-17,20-25,29-30,34,37,42-44,50-51H,1,8,12-15,18-19,26-28,31H2,2-6H3/t34-,37+,42-,43+,44+,47+/m0/s1. The van der Waals surface area contributed by atoms with Crippen LogP contribution in [0.4, 0.5) is 4.79 Å². The van der Waals surface area contributed by atoms with Crippen molar-refractivity contribution in [2.75, 3.05) is 33.5 Å². The lowest BCUT2D eigenvalue weighted by Gasteiger charge is -2.59. The summed E-state index contributed by atoms with van der Waals surface area (Å²) in [4.78, 5) is 21.4. The molecule has 1 heterocycles. The van der Waals surface area contributed by atoms with Crippen LogP contribution in [-0.2, 0) is 14.3 Å². The molecule has 3 aliphatic rings. The number of unbranched alkanes of at least 4 members (excludes halogenated alkanes) is 2. The molecular weight excluding hydrogens is 721 g/mol. The Balaban J connectivity index is 1.52. The summed E-state index contributed by atoms with van der Waals surface area (Å²) in [7, 11) is 1.73. The fraction of sp³-hybridized carbons (Fsp3) is 0.489. The molecule has 0 aromatic heterocycles. The summed E-state index contributed by atoms with van der Waals surface area (Å²) in [6.45, 7) is 12.3. The van der Waals surface area contributed by atoms with Crippen molar-refractivity contribution >= 4 is 11.8 Å². The van der Waals surface area contributed by atoms with Gasteiger partial charge in [0.25, 0.3) is 0 Å². The number of nitrogens with zero attached hydrogens (tertiary/aromatic N) is 2. The Morgan fingerprint density at radius 3 is 2.32 bits per heavy atom. The SMILES string of the molecule is C=CCO[C@@]12Oc3ccc(Oc4ccc(-c5ccccc5)cc4)cc3[C@H]3[C@H](CCCCO)[C@@H](CCCCO)C=C(C(=NOC(C)(C)C)C[C@@H]1N(C)C(=O)OCC)[C@H]32. The number of rotatable bonds is 17. The number of oxime groups is 1. The van der Waals surface area contributed by atoms with Gasteiger partial charge in [0.2, 0.25) is 5.79 Å². The van der Waals surface area contributed by atoms with E-state index in [0.29, 0.717) is 36.5 Å². The smallest absolute Gasteiger partial charge is 0.409 e. The van der Waals surface area contributed by atoms with E-state index in [1.54, 1.807) is 24.9 Å². The Morgan fingerprint density at radius 1 is 0.965 bits per heavy atom. The zero-order valence-corrected chi connectivity index (χ0v) is 34.2. The molecule has 57 heavy (non-hydrogen) atoms. The van der Waals surface area contributed by atoms with Gasteiger partial charge in [0.15, 0.2) is 0 Å². The summed E-state index contributed by atoms with van der Waals surface area (Å²) in [5, 5.41) is 24.6. The second kappa shape index (κ2) is 18.7. The lowest BCUT2D eigenvalue weighted by Crippen LogP contribution is -2.69. The summed E-state index contributed by atoms with van der Waals surface area (Å²) in [6, 6.07) is 23.6. The molecular formula is C47H60N2O8. The number of carbonyl (C=O) groups is 1. The number of hydrogen-bond acceptors (Lipinski definition) is 9. The van der Waals surface area contributed by atoms with E-state index >= 15 is 0 Å². The normalized spacial score (nSPS) is 24.4. The number of hydrogen-bond donors (Lipinski definition) is 2. The van der Waals surface area contributed by atoms with Crippen molar-refractivity contribution in [2.24, 2.45) is 22.9 Å². The van der Waals surface area contributed by atoms with Gasteiger partial charge in [-0.05, 0) is 112 Å². The van der Waals surface area contributed by atoms with Crippen molar-refractivity contribution in [3.8, 4) is 28.4 Å². The average molecular weight is 781 g/mol. The Hall–Kier alpha value is -4.64. The maximum absolute atomic E-state index is 13.6. The minimum atomic E-state index is -1.35. The van der Waals surface area contributed by atoms with E-state index in [0.717, 1.165) is 53.7 Å². The number of benzene rings is 3. The van der Waals surface area contributed by atoms with Crippen LogP contribution in [0.25, 0.3) is 11.1 Å². The molecule has 6 rings (SSSR count). The Labute approximate surface area is 338 Å².